The molecule has 0 unspecified atom stereocenters. The highest BCUT2D eigenvalue weighted by Crippen LogP contribution is 2.40. The normalized spacial score (nSPS) is 11.7. The molecule has 70 heavy (non-hydrogen) atoms. The van der Waals surface area contributed by atoms with Crippen molar-refractivity contribution in [3.8, 4) is 67.8 Å². The summed E-state index contributed by atoms with van der Waals surface area (Å²) >= 11 is 0. The SMILES string of the molecule is c1ccc(-c2ccc(-n3c4ccccc4c4ccccc43)c(-c3ccc4ccc(-c5nc(-c6ccccc6)nc(-c6ccc7cc(-n8c9ccccc9c9ccccc98)ccc7c6)n5)cc4c3)c2)cc1. The molecule has 11 aromatic carbocycles. The van der Waals surface area contributed by atoms with E-state index in [2.05, 4.69) is 240 Å². The fourth-order valence-electron chi connectivity index (χ4n) is 10.6. The Morgan fingerprint density at radius 2 is 0.657 bits per heavy atom. The van der Waals surface area contributed by atoms with Crippen LogP contribution >= 0.6 is 0 Å². The van der Waals surface area contributed by atoms with Crippen LogP contribution in [0.3, 0.4) is 0 Å². The van der Waals surface area contributed by atoms with Gasteiger partial charge in [0.15, 0.2) is 17.5 Å². The minimum absolute atomic E-state index is 0.620. The van der Waals surface area contributed by atoms with Gasteiger partial charge in [-0.15, -0.1) is 0 Å². The van der Waals surface area contributed by atoms with Crippen molar-refractivity contribution in [3.05, 3.63) is 249 Å². The van der Waals surface area contributed by atoms with E-state index in [-0.39, 0.29) is 0 Å². The molecule has 3 aromatic heterocycles. The zero-order valence-electron chi connectivity index (χ0n) is 37.9. The van der Waals surface area contributed by atoms with Crippen molar-refractivity contribution in [1.82, 2.24) is 24.1 Å². The zero-order valence-corrected chi connectivity index (χ0v) is 37.9. The summed E-state index contributed by atoms with van der Waals surface area (Å²) in [4.78, 5) is 15.5. The van der Waals surface area contributed by atoms with Crippen molar-refractivity contribution in [2.24, 2.45) is 0 Å². The van der Waals surface area contributed by atoms with E-state index in [0.717, 1.165) is 66.3 Å². The van der Waals surface area contributed by atoms with Crippen molar-refractivity contribution < 1.29 is 0 Å². The van der Waals surface area contributed by atoms with Crippen LogP contribution in [0, 0.1) is 0 Å². The Kier molecular flexibility index (Phi) is 9.14. The molecule has 326 valence electrons. The maximum atomic E-state index is 5.24. The molecule has 14 aromatic rings. The lowest BCUT2D eigenvalue weighted by molar-refractivity contribution is 1.07. The molecule has 0 saturated heterocycles. The Morgan fingerprint density at radius 1 is 0.243 bits per heavy atom. The van der Waals surface area contributed by atoms with Gasteiger partial charge in [0.05, 0.1) is 27.8 Å². The van der Waals surface area contributed by atoms with Gasteiger partial charge in [-0.05, 0) is 105 Å². The van der Waals surface area contributed by atoms with Crippen molar-refractivity contribution in [1.29, 1.82) is 0 Å². The third kappa shape index (κ3) is 6.59. The Balaban J connectivity index is 0.894. The molecule has 0 aliphatic rings. The topological polar surface area (TPSA) is 48.5 Å². The highest BCUT2D eigenvalue weighted by Gasteiger charge is 2.19. The van der Waals surface area contributed by atoms with Crippen LogP contribution < -0.4 is 0 Å². The zero-order chi connectivity index (χ0) is 46.1. The van der Waals surface area contributed by atoms with E-state index in [1.54, 1.807) is 0 Å². The number of aromatic nitrogens is 5. The van der Waals surface area contributed by atoms with Crippen molar-refractivity contribution in [2.75, 3.05) is 0 Å². The Morgan fingerprint density at radius 3 is 1.24 bits per heavy atom. The number of para-hydroxylation sites is 4. The maximum Gasteiger partial charge on any atom is 0.164 e. The highest BCUT2D eigenvalue weighted by atomic mass is 15.0. The lowest BCUT2D eigenvalue weighted by Crippen LogP contribution is -2.00. The molecular formula is C65H41N5. The minimum atomic E-state index is 0.620. The van der Waals surface area contributed by atoms with Crippen LogP contribution in [0.4, 0.5) is 0 Å². The summed E-state index contributed by atoms with van der Waals surface area (Å²) in [5.74, 6) is 1.87. The standard InChI is InChI=1S/C65H41N5/c1-3-15-42(16-4-1)47-34-36-62(70-60-25-13-9-21-55(60)56-22-10-14-26-61(56)70)57(41-47)48-30-27-43-28-31-50(39-51(43)38-48)65-67-63(44-17-5-2-6-18-44)66-64(68-65)49-32-29-46-40-52(35-33-45(46)37-49)69-58-23-11-7-19-53(58)54-20-8-12-24-59(54)69/h1-41H. The monoisotopic (exact) mass is 891 g/mol. The minimum Gasteiger partial charge on any atom is -0.309 e. The molecule has 14 rings (SSSR count). The predicted molar refractivity (Wildman–Crippen MR) is 291 cm³/mol. The molecule has 0 atom stereocenters. The Bertz CT molecular complexity index is 4250. The van der Waals surface area contributed by atoms with Crippen LogP contribution in [-0.4, -0.2) is 24.1 Å². The van der Waals surface area contributed by atoms with Gasteiger partial charge in [0.25, 0.3) is 0 Å². The Hall–Kier alpha value is -9.45. The molecule has 0 amide bonds. The second-order valence-corrected chi connectivity index (χ2v) is 18.0. The van der Waals surface area contributed by atoms with Crippen LogP contribution in [0.5, 0.6) is 0 Å². The number of benzene rings is 11. The third-order valence-corrected chi connectivity index (χ3v) is 13.9. The second kappa shape index (κ2) is 16.1. The van der Waals surface area contributed by atoms with E-state index >= 15 is 0 Å². The summed E-state index contributed by atoms with van der Waals surface area (Å²) in [6, 6.07) is 89.0. The van der Waals surface area contributed by atoms with Gasteiger partial charge in [0.1, 0.15) is 0 Å². The molecule has 0 bridgehead atoms. The lowest BCUT2D eigenvalue weighted by atomic mass is 9.95. The van der Waals surface area contributed by atoms with Gasteiger partial charge < -0.3 is 9.13 Å². The van der Waals surface area contributed by atoms with E-state index in [9.17, 15) is 0 Å². The summed E-state index contributed by atoms with van der Waals surface area (Å²) in [5.41, 5.74) is 14.4. The highest BCUT2D eigenvalue weighted by molar-refractivity contribution is 6.11. The van der Waals surface area contributed by atoms with Crippen LogP contribution in [-0.2, 0) is 0 Å². The smallest absolute Gasteiger partial charge is 0.164 e. The molecule has 3 heterocycles. The lowest BCUT2D eigenvalue weighted by Gasteiger charge is -2.17. The molecule has 5 nitrogen and oxygen atoms in total. The first kappa shape index (κ1) is 39.7. The van der Waals surface area contributed by atoms with Crippen LogP contribution in [0.2, 0.25) is 0 Å². The second-order valence-electron chi connectivity index (χ2n) is 18.0. The summed E-state index contributed by atoms with van der Waals surface area (Å²) in [6.07, 6.45) is 0. The number of rotatable bonds is 7. The van der Waals surface area contributed by atoms with Gasteiger partial charge in [-0.2, -0.15) is 0 Å². The molecule has 0 aliphatic carbocycles. The first-order valence-corrected chi connectivity index (χ1v) is 23.8. The number of fused-ring (bicyclic) bond motifs is 8. The van der Waals surface area contributed by atoms with E-state index in [1.165, 1.54) is 49.2 Å². The van der Waals surface area contributed by atoms with Crippen LogP contribution in [0.15, 0.2) is 249 Å². The maximum absolute atomic E-state index is 5.24. The van der Waals surface area contributed by atoms with Gasteiger partial charge in [-0.1, -0.05) is 182 Å². The average Bonchev–Trinajstić information content (AvgIpc) is 3.96. The molecule has 0 spiro atoms. The van der Waals surface area contributed by atoms with Crippen molar-refractivity contribution in [3.63, 3.8) is 0 Å². The van der Waals surface area contributed by atoms with E-state index in [4.69, 9.17) is 15.0 Å². The van der Waals surface area contributed by atoms with Crippen LogP contribution in [0.25, 0.3) is 133 Å². The van der Waals surface area contributed by atoms with Gasteiger partial charge in [-0.3, -0.25) is 0 Å². The van der Waals surface area contributed by atoms with E-state index in [1.807, 2.05) is 18.2 Å². The molecule has 0 N–H and O–H groups in total. The first-order valence-electron chi connectivity index (χ1n) is 23.8. The summed E-state index contributed by atoms with van der Waals surface area (Å²) in [7, 11) is 0. The van der Waals surface area contributed by atoms with Crippen molar-refractivity contribution >= 4 is 65.2 Å². The number of hydrogen-bond acceptors (Lipinski definition) is 3. The summed E-state index contributed by atoms with van der Waals surface area (Å²) in [5, 5.41) is 9.45. The summed E-state index contributed by atoms with van der Waals surface area (Å²) in [6.45, 7) is 0. The van der Waals surface area contributed by atoms with Gasteiger partial charge in [-0.25, -0.2) is 15.0 Å². The largest absolute Gasteiger partial charge is 0.309 e. The fraction of sp³-hybridized carbons (Fsp3) is 0. The fourth-order valence-corrected chi connectivity index (χ4v) is 10.6. The Labute approximate surface area is 403 Å². The molecule has 0 aliphatic heterocycles. The van der Waals surface area contributed by atoms with Gasteiger partial charge in [0, 0.05) is 49.5 Å². The number of hydrogen-bond donors (Lipinski definition) is 0. The van der Waals surface area contributed by atoms with Crippen LogP contribution in [0.1, 0.15) is 0 Å². The molecular weight excluding hydrogens is 851 g/mol. The molecule has 0 saturated carbocycles. The van der Waals surface area contributed by atoms with E-state index in [0.29, 0.717) is 17.5 Å². The molecule has 5 heteroatoms. The molecule has 0 fully saturated rings. The average molecular weight is 892 g/mol. The quantitative estimate of drug-likeness (QED) is 0.160. The predicted octanol–water partition coefficient (Wildman–Crippen LogP) is 16.7. The van der Waals surface area contributed by atoms with Gasteiger partial charge >= 0.3 is 0 Å². The molecule has 0 radical (unpaired) electrons. The van der Waals surface area contributed by atoms with Crippen molar-refractivity contribution in [2.45, 2.75) is 0 Å². The van der Waals surface area contributed by atoms with Gasteiger partial charge in [0.2, 0.25) is 0 Å². The summed E-state index contributed by atoms with van der Waals surface area (Å²) < 4.78 is 4.78. The third-order valence-electron chi connectivity index (χ3n) is 13.9. The number of nitrogens with zero attached hydrogens (tertiary/aromatic N) is 5. The first-order chi connectivity index (χ1) is 34.7. The van der Waals surface area contributed by atoms with E-state index < -0.39 is 0 Å².